The molecule has 8 rings (SSSR count). The Balaban J connectivity index is 0.945. The normalized spacial score (nSPS) is 47.6. The molecule has 3 saturated carbocycles. The van der Waals surface area contributed by atoms with Crippen LogP contribution in [-0.2, 0) is 37.9 Å². The first-order valence-electron chi connectivity index (χ1n) is 32.4. The highest BCUT2D eigenvalue weighted by molar-refractivity contribution is 7.81. The molecule has 8 aliphatic rings. The molecule has 90 heavy (non-hydrogen) atoms. The van der Waals surface area contributed by atoms with Crippen LogP contribution in [0.1, 0.15) is 126 Å². The molecular formula is C62H108O27S. The summed E-state index contributed by atoms with van der Waals surface area (Å²) in [6.07, 6.45) is -28.9. The molecule has 28 heteroatoms. The predicted molar refractivity (Wildman–Crippen MR) is 317 cm³/mol. The first-order valence-corrected chi connectivity index (χ1v) is 32.9. The van der Waals surface area contributed by atoms with Gasteiger partial charge >= 0.3 is 0 Å². The van der Waals surface area contributed by atoms with Crippen LogP contribution < -0.4 is 0 Å². The largest absolute Gasteiger partial charge is 0.394 e. The molecule has 0 bridgehead atoms. The van der Waals surface area contributed by atoms with E-state index in [1.165, 1.54) is 0 Å². The Labute approximate surface area is 531 Å². The van der Waals surface area contributed by atoms with E-state index < -0.39 is 214 Å². The molecule has 19 N–H and O–H groups in total. The minimum Gasteiger partial charge on any atom is -0.394 e. The van der Waals surface area contributed by atoms with Crippen molar-refractivity contribution < 1.29 is 135 Å². The Kier molecular flexibility index (Phi) is 24.6. The van der Waals surface area contributed by atoms with Gasteiger partial charge in [0, 0.05) is 22.0 Å². The number of aliphatic hydroxyl groups is 19. The summed E-state index contributed by atoms with van der Waals surface area (Å²) < 4.78 is 48.4. The van der Waals surface area contributed by atoms with Crippen molar-refractivity contribution in [3.63, 3.8) is 0 Å². The zero-order valence-corrected chi connectivity index (χ0v) is 53.9. The summed E-state index contributed by atoms with van der Waals surface area (Å²) in [5.74, 6) is -0.536. The van der Waals surface area contributed by atoms with Gasteiger partial charge in [0.15, 0.2) is 25.2 Å². The number of allylic oxidation sites excluding steroid dienone is 1. The van der Waals surface area contributed by atoms with Crippen LogP contribution in [0.4, 0.5) is 0 Å². The first-order chi connectivity index (χ1) is 42.0. The van der Waals surface area contributed by atoms with Crippen molar-refractivity contribution in [3.8, 4) is 0 Å². The van der Waals surface area contributed by atoms with Crippen LogP contribution in [0.25, 0.3) is 0 Å². The molecule has 10 unspecified atom stereocenters. The maximum atomic E-state index is 12.9. The van der Waals surface area contributed by atoms with Crippen molar-refractivity contribution >= 4 is 12.6 Å². The summed E-state index contributed by atoms with van der Waals surface area (Å²) >= 11 is 4.84. The standard InChI is InChI=1S/C62H108O27S/c1-26(12-16-40(59(4,5)81)89-54-27(10-9-11-31(66)41(69)42(70)32(67)21-63)53(90)46(74)36(86-54)25-83-56-51(79)48(76)44(72)34(23-65)85-56)28-18-19-60(6)37-15-13-29-30(62(37,8)38(68)20-61(28,60)7)14-17-39(58(29,2)3)88-57-52(80)49(77)45(73)35(87-57)24-82-55-50(78)47(75)43(71)33(22-64)84-55/h13,26-28,30-57,63-81,90H,9-12,14-25H2,1-8H3/t26-,27-,28-,30-,31-,32?,33-,34-,35?,36-,37+,38-,39+,40?,41?,42+,43?,44-,45-,46?,47+,48+,49+,50?,51?,52-,53-,54+,55-,56-,57+,60+,61?,62?/m1/s1. The van der Waals surface area contributed by atoms with E-state index in [1.54, 1.807) is 13.8 Å². The molecule has 0 aromatic carbocycles. The average molecular weight is 1320 g/mol. The third kappa shape index (κ3) is 14.3. The van der Waals surface area contributed by atoms with E-state index in [-0.39, 0.29) is 53.8 Å². The Morgan fingerprint density at radius 1 is 0.611 bits per heavy atom. The van der Waals surface area contributed by atoms with E-state index in [2.05, 4.69) is 47.6 Å². The van der Waals surface area contributed by atoms with Crippen molar-refractivity contribution in [2.24, 2.45) is 51.2 Å². The lowest BCUT2D eigenvalue weighted by molar-refractivity contribution is -0.340. The summed E-state index contributed by atoms with van der Waals surface area (Å²) in [4.78, 5) is 0. The van der Waals surface area contributed by atoms with Gasteiger partial charge in [0.1, 0.15) is 97.7 Å². The van der Waals surface area contributed by atoms with Gasteiger partial charge in [-0.15, -0.1) is 0 Å². The number of hydrogen-bond acceptors (Lipinski definition) is 28. The fourth-order valence-corrected chi connectivity index (χ4v) is 17.7. The molecule has 4 aliphatic heterocycles. The monoisotopic (exact) mass is 1320 g/mol. The Morgan fingerprint density at radius 2 is 1.12 bits per heavy atom. The number of aliphatic hydroxyl groups excluding tert-OH is 18. The molecule has 7 fully saturated rings. The first kappa shape index (κ1) is 74.8. The molecule has 4 saturated heterocycles. The van der Waals surface area contributed by atoms with E-state index in [4.69, 9.17) is 50.5 Å². The fraction of sp³-hybridized carbons (Fsp3) is 0.968. The highest BCUT2D eigenvalue weighted by atomic mass is 32.1. The second kappa shape index (κ2) is 29.6. The van der Waals surface area contributed by atoms with Gasteiger partial charge in [0.05, 0.1) is 69.2 Å². The minimum absolute atomic E-state index is 0.0498. The number of hydrogen-bond donors (Lipinski definition) is 20. The molecule has 4 heterocycles. The van der Waals surface area contributed by atoms with Gasteiger partial charge in [-0.1, -0.05) is 59.6 Å². The van der Waals surface area contributed by atoms with E-state index in [0.29, 0.717) is 38.5 Å². The molecule has 27 nitrogen and oxygen atoms in total. The van der Waals surface area contributed by atoms with Crippen molar-refractivity contribution in [3.05, 3.63) is 11.6 Å². The van der Waals surface area contributed by atoms with Crippen molar-refractivity contribution in [1.82, 2.24) is 0 Å². The van der Waals surface area contributed by atoms with Gasteiger partial charge in [-0.3, -0.25) is 0 Å². The number of rotatable bonds is 25. The quantitative estimate of drug-likeness (QED) is 0.0312. The molecule has 0 spiro atoms. The van der Waals surface area contributed by atoms with Crippen LogP contribution in [0, 0.1) is 51.2 Å². The number of ether oxygens (including phenoxy) is 8. The van der Waals surface area contributed by atoms with E-state index in [9.17, 15) is 97.0 Å². The summed E-state index contributed by atoms with van der Waals surface area (Å²) in [6, 6.07) is 0. The fourth-order valence-electron chi connectivity index (χ4n) is 17.2. The van der Waals surface area contributed by atoms with Gasteiger partial charge < -0.3 is 135 Å². The predicted octanol–water partition coefficient (Wildman–Crippen LogP) is -3.43. The number of thiol groups is 1. The maximum absolute atomic E-state index is 12.9. The lowest BCUT2D eigenvalue weighted by Crippen LogP contribution is -2.65. The second-order valence-electron chi connectivity index (χ2n) is 29.3. The second-order valence-corrected chi connectivity index (χ2v) is 29.9. The van der Waals surface area contributed by atoms with Crippen LogP contribution in [-0.4, -0.2) is 294 Å². The Morgan fingerprint density at radius 3 is 1.67 bits per heavy atom. The third-order valence-electron chi connectivity index (χ3n) is 23.3. The molecular weight excluding hydrogens is 1210 g/mol. The molecule has 524 valence electrons. The smallest absolute Gasteiger partial charge is 0.187 e. The van der Waals surface area contributed by atoms with Crippen molar-refractivity contribution in [1.29, 1.82) is 0 Å². The minimum atomic E-state index is -1.84. The zero-order valence-electron chi connectivity index (χ0n) is 53.0. The van der Waals surface area contributed by atoms with Gasteiger partial charge in [-0.25, -0.2) is 0 Å². The van der Waals surface area contributed by atoms with E-state index in [1.807, 2.05) is 0 Å². The molecule has 0 radical (unpaired) electrons. The Bertz CT molecular complexity index is 2320. The van der Waals surface area contributed by atoms with Crippen molar-refractivity contribution in [2.75, 3.05) is 33.0 Å². The van der Waals surface area contributed by atoms with Crippen LogP contribution in [0.3, 0.4) is 0 Å². The highest BCUT2D eigenvalue weighted by Crippen LogP contribution is 2.75. The van der Waals surface area contributed by atoms with Gasteiger partial charge in [-0.2, -0.15) is 12.6 Å². The molecule has 0 amide bonds. The van der Waals surface area contributed by atoms with Gasteiger partial charge in [0.25, 0.3) is 0 Å². The summed E-state index contributed by atoms with van der Waals surface area (Å²) in [5, 5.41) is 202. The van der Waals surface area contributed by atoms with Crippen LogP contribution >= 0.6 is 12.6 Å². The molecule has 4 aliphatic carbocycles. The molecule has 0 aromatic heterocycles. The SMILES string of the molecule is C[C@H](CCC(O[C@@H]1O[C@H](CO[C@@H]2O[C@H](CO)[C@@H](O)[C@H](O)C2O)C(O)[C@H](S)[C@H]1CCC[C@@H](O)C(O)[C@@H](O)C(O)CO)C(C)(C)O)[C@H]1CC[C@@]2(C)[C@@H]3CC=C4[C@@H](CC[C@H](O[C@@H]5OC(CO[C@@H]6O[C@H](CO)C(O)[C@H](O)C6O)[C@@H](O)[C@H](O)[C@H]5O)C4(C)C)C3(C)[C@H](O)CC12C. The summed E-state index contributed by atoms with van der Waals surface area (Å²) in [5.41, 5.74) is -2.16. The third-order valence-corrected chi connectivity index (χ3v) is 24.0. The summed E-state index contributed by atoms with van der Waals surface area (Å²) in [6.45, 7) is 13.2. The lowest BCUT2D eigenvalue weighted by Gasteiger charge is -2.67. The lowest BCUT2D eigenvalue weighted by atomic mass is 9.38. The topological polar surface area (TPSA) is 458 Å². The van der Waals surface area contributed by atoms with Crippen LogP contribution in [0.2, 0.25) is 0 Å². The van der Waals surface area contributed by atoms with Gasteiger partial charge in [0.2, 0.25) is 0 Å². The van der Waals surface area contributed by atoms with Crippen molar-refractivity contribution in [2.45, 2.75) is 290 Å². The van der Waals surface area contributed by atoms with Crippen LogP contribution in [0.15, 0.2) is 11.6 Å². The molecule has 0 aromatic rings. The number of fused-ring (bicyclic) bond motifs is 5. The van der Waals surface area contributed by atoms with Crippen LogP contribution in [0.5, 0.6) is 0 Å². The maximum Gasteiger partial charge on any atom is 0.187 e. The average Bonchev–Trinajstić information content (AvgIpc) is 1.29. The summed E-state index contributed by atoms with van der Waals surface area (Å²) in [7, 11) is 0. The zero-order chi connectivity index (χ0) is 66.7. The Hall–Kier alpha value is -0.990. The van der Waals surface area contributed by atoms with E-state index in [0.717, 1.165) is 18.4 Å². The van der Waals surface area contributed by atoms with E-state index >= 15 is 0 Å². The highest BCUT2D eigenvalue weighted by Gasteiger charge is 2.70. The van der Waals surface area contributed by atoms with Gasteiger partial charge in [-0.05, 0) is 113 Å². The molecule has 34 atom stereocenters.